The standard InChI is InChI=1S/C37H31ClF3N9O7/c38-23-10-8-22(9-11-23)36(16-17-36)50-34-47-33(48-35(49-34)56-20-37(39,40)41)45-24-12-6-21(7-13-24)29(51)46-27(32(54)55)19-43-30(52)31(53)44-25-14-15-28(42-18-25)57-26-4-2-1-3-5-26/h1-15,18,27H,16-17,19-20H2,(H,43,52)(H,44,53)(H,46,51)(H,54,55)(H2,45,47,48,49,50)/t27-/m0/s1. The van der Waals surface area contributed by atoms with E-state index in [1.165, 1.54) is 42.6 Å². The summed E-state index contributed by atoms with van der Waals surface area (Å²) in [5.74, 6) is -4.05. The summed E-state index contributed by atoms with van der Waals surface area (Å²) in [7, 11) is 0. The lowest BCUT2D eigenvalue weighted by Crippen LogP contribution is -2.50. The normalized spacial score (nSPS) is 13.3. The maximum Gasteiger partial charge on any atom is 0.422 e. The monoisotopic (exact) mass is 805 g/mol. The maximum atomic E-state index is 13.0. The summed E-state index contributed by atoms with van der Waals surface area (Å²) in [6.45, 7) is -2.28. The highest BCUT2D eigenvalue weighted by molar-refractivity contribution is 6.39. The van der Waals surface area contributed by atoms with Gasteiger partial charge in [-0.1, -0.05) is 41.9 Å². The number of ether oxygens (including phenoxy) is 2. The number of aromatic nitrogens is 4. The molecule has 0 spiro atoms. The highest BCUT2D eigenvalue weighted by Gasteiger charge is 2.45. The molecule has 1 saturated carbocycles. The predicted octanol–water partition coefficient (Wildman–Crippen LogP) is 5.44. The molecule has 3 amide bonds. The van der Waals surface area contributed by atoms with Gasteiger partial charge in [-0.25, -0.2) is 9.78 Å². The van der Waals surface area contributed by atoms with Gasteiger partial charge < -0.3 is 41.2 Å². The highest BCUT2D eigenvalue weighted by atomic mass is 35.5. The molecule has 57 heavy (non-hydrogen) atoms. The van der Waals surface area contributed by atoms with Crippen LogP contribution in [0.2, 0.25) is 5.02 Å². The van der Waals surface area contributed by atoms with Crippen molar-refractivity contribution in [3.8, 4) is 17.6 Å². The third-order valence-electron chi connectivity index (χ3n) is 8.12. The topological polar surface area (TPSA) is 219 Å². The van der Waals surface area contributed by atoms with Crippen molar-refractivity contribution in [2.24, 2.45) is 0 Å². The number of nitrogens with zero attached hydrogens (tertiary/aromatic N) is 4. The average Bonchev–Trinajstić information content (AvgIpc) is 3.96. The van der Waals surface area contributed by atoms with E-state index >= 15 is 0 Å². The van der Waals surface area contributed by atoms with Gasteiger partial charge in [-0.3, -0.25) is 14.4 Å². The van der Waals surface area contributed by atoms with Gasteiger partial charge in [-0.2, -0.15) is 28.1 Å². The van der Waals surface area contributed by atoms with Crippen LogP contribution in [0.25, 0.3) is 0 Å². The second kappa shape index (κ2) is 17.2. The molecule has 2 aromatic heterocycles. The smallest absolute Gasteiger partial charge is 0.422 e. The molecule has 0 aliphatic heterocycles. The average molecular weight is 806 g/mol. The summed E-state index contributed by atoms with van der Waals surface area (Å²) in [5.41, 5.74) is 0.768. The van der Waals surface area contributed by atoms with E-state index < -0.39 is 60.6 Å². The summed E-state index contributed by atoms with van der Waals surface area (Å²) in [6, 6.07) is 22.1. The molecule has 0 unspecified atom stereocenters. The Hall–Kier alpha value is -7.02. The van der Waals surface area contributed by atoms with Crippen LogP contribution in [0.15, 0.2) is 97.2 Å². The van der Waals surface area contributed by atoms with E-state index in [0.717, 1.165) is 5.56 Å². The minimum absolute atomic E-state index is 0.00824. The third-order valence-corrected chi connectivity index (χ3v) is 8.37. The molecule has 0 saturated heterocycles. The first kappa shape index (κ1) is 39.7. The Morgan fingerprint density at radius 3 is 2.16 bits per heavy atom. The largest absolute Gasteiger partial charge is 0.480 e. The molecule has 294 valence electrons. The first-order valence-corrected chi connectivity index (χ1v) is 17.3. The Labute approximate surface area is 326 Å². The van der Waals surface area contributed by atoms with Gasteiger partial charge >= 0.3 is 30.0 Å². The van der Waals surface area contributed by atoms with Crippen LogP contribution < -0.4 is 36.1 Å². The fourth-order valence-electron chi connectivity index (χ4n) is 5.14. The van der Waals surface area contributed by atoms with E-state index in [4.69, 9.17) is 21.1 Å². The van der Waals surface area contributed by atoms with Crippen LogP contribution in [0.4, 0.5) is 36.4 Å². The molecular formula is C37H31ClF3N9O7. The van der Waals surface area contributed by atoms with Crippen molar-refractivity contribution in [3.05, 3.63) is 113 Å². The first-order valence-electron chi connectivity index (χ1n) is 16.9. The number of pyridine rings is 1. The minimum atomic E-state index is -4.66. The minimum Gasteiger partial charge on any atom is -0.480 e. The van der Waals surface area contributed by atoms with E-state index in [-0.39, 0.29) is 29.0 Å². The van der Waals surface area contributed by atoms with Crippen molar-refractivity contribution in [2.45, 2.75) is 30.6 Å². The molecule has 2 heterocycles. The molecule has 1 fully saturated rings. The van der Waals surface area contributed by atoms with Gasteiger partial charge in [0.15, 0.2) is 6.61 Å². The van der Waals surface area contributed by atoms with E-state index in [0.29, 0.717) is 29.3 Å². The number of carboxylic acids is 1. The quantitative estimate of drug-likeness (QED) is 0.0728. The number of aliphatic carboxylic acids is 1. The number of nitrogens with one attached hydrogen (secondary N) is 5. The molecular weight excluding hydrogens is 775 g/mol. The van der Waals surface area contributed by atoms with Crippen LogP contribution in [0.3, 0.4) is 0 Å². The zero-order valence-corrected chi connectivity index (χ0v) is 30.1. The lowest BCUT2D eigenvalue weighted by atomic mass is 10.1. The van der Waals surface area contributed by atoms with Gasteiger partial charge in [0.05, 0.1) is 17.4 Å². The molecule has 6 rings (SSSR count). The van der Waals surface area contributed by atoms with Crippen LogP contribution in [0, 0.1) is 0 Å². The number of alkyl halides is 3. The number of amides is 3. The van der Waals surface area contributed by atoms with Crippen molar-refractivity contribution in [1.82, 2.24) is 30.6 Å². The third kappa shape index (κ3) is 11.3. The predicted molar refractivity (Wildman–Crippen MR) is 198 cm³/mol. The highest BCUT2D eigenvalue weighted by Crippen LogP contribution is 2.48. The molecule has 16 nitrogen and oxygen atoms in total. The summed E-state index contributed by atoms with van der Waals surface area (Å²) < 4.78 is 49.2. The van der Waals surface area contributed by atoms with Crippen molar-refractivity contribution >= 4 is 58.6 Å². The number of carbonyl (C=O) groups is 4. The number of anilines is 4. The number of rotatable bonds is 15. The molecule has 1 atom stereocenters. The van der Waals surface area contributed by atoms with Crippen LogP contribution in [-0.4, -0.2) is 74.1 Å². The van der Waals surface area contributed by atoms with Gasteiger partial charge in [-0.05, 0) is 73.0 Å². The van der Waals surface area contributed by atoms with E-state index in [1.807, 2.05) is 18.2 Å². The number of carboxylic acid groups (broad SMARTS) is 1. The van der Waals surface area contributed by atoms with Gasteiger partial charge in [0.25, 0.3) is 5.91 Å². The zero-order chi connectivity index (χ0) is 40.6. The second-order valence-electron chi connectivity index (χ2n) is 12.4. The number of carbonyl (C=O) groups excluding carboxylic acids is 3. The lowest BCUT2D eigenvalue weighted by molar-refractivity contribution is -0.154. The fraction of sp³-hybridized carbons (Fsp3) is 0.189. The zero-order valence-electron chi connectivity index (χ0n) is 29.3. The van der Waals surface area contributed by atoms with Crippen molar-refractivity contribution in [1.29, 1.82) is 0 Å². The molecule has 1 aliphatic rings. The Morgan fingerprint density at radius 2 is 1.53 bits per heavy atom. The SMILES string of the molecule is O=C(NC[C@H](NC(=O)c1ccc(Nc2nc(NC3(c4ccc(Cl)cc4)CC3)nc(OCC(F)(F)F)n2)cc1)C(=O)O)C(=O)Nc1ccc(Oc2ccccc2)nc1. The van der Waals surface area contributed by atoms with Gasteiger partial charge in [-0.15, -0.1) is 0 Å². The second-order valence-corrected chi connectivity index (χ2v) is 12.9. The van der Waals surface area contributed by atoms with Crippen LogP contribution >= 0.6 is 11.6 Å². The Morgan fingerprint density at radius 1 is 0.842 bits per heavy atom. The van der Waals surface area contributed by atoms with Crippen molar-refractivity contribution < 1.29 is 46.9 Å². The molecule has 0 radical (unpaired) electrons. The number of halogens is 4. The van der Waals surface area contributed by atoms with Gasteiger partial charge in [0, 0.05) is 28.9 Å². The fourth-order valence-corrected chi connectivity index (χ4v) is 5.26. The Kier molecular flexibility index (Phi) is 12.0. The molecule has 6 N–H and O–H groups in total. The molecule has 20 heteroatoms. The Balaban J connectivity index is 1.04. The van der Waals surface area contributed by atoms with E-state index in [2.05, 4.69) is 46.5 Å². The number of para-hydroxylation sites is 1. The van der Waals surface area contributed by atoms with Crippen molar-refractivity contribution in [3.63, 3.8) is 0 Å². The van der Waals surface area contributed by atoms with E-state index in [1.54, 1.807) is 36.4 Å². The maximum absolute atomic E-state index is 13.0. The first-order chi connectivity index (χ1) is 27.2. The summed E-state index contributed by atoms with van der Waals surface area (Å²) in [5, 5.41) is 23.0. The number of benzene rings is 3. The summed E-state index contributed by atoms with van der Waals surface area (Å²) in [4.78, 5) is 66.0. The number of hydrogen-bond donors (Lipinski definition) is 6. The molecule has 0 bridgehead atoms. The van der Waals surface area contributed by atoms with E-state index in [9.17, 15) is 37.5 Å². The Bertz CT molecular complexity index is 2230. The van der Waals surface area contributed by atoms with Crippen LogP contribution in [0.1, 0.15) is 28.8 Å². The number of hydrogen-bond acceptors (Lipinski definition) is 12. The lowest BCUT2D eigenvalue weighted by Gasteiger charge is -2.19. The van der Waals surface area contributed by atoms with Crippen LogP contribution in [0.5, 0.6) is 17.6 Å². The van der Waals surface area contributed by atoms with Gasteiger partial charge in [0.1, 0.15) is 11.8 Å². The summed E-state index contributed by atoms with van der Waals surface area (Å²) >= 11 is 6.02. The molecule has 1 aliphatic carbocycles. The van der Waals surface area contributed by atoms with Gasteiger partial charge in [0.2, 0.25) is 17.8 Å². The summed E-state index contributed by atoms with van der Waals surface area (Å²) in [6.07, 6.45) is -2.01. The van der Waals surface area contributed by atoms with Crippen LogP contribution in [-0.2, 0) is 19.9 Å². The molecule has 3 aromatic carbocycles. The molecule has 5 aromatic rings. The van der Waals surface area contributed by atoms with Crippen molar-refractivity contribution in [2.75, 3.05) is 29.1 Å².